The summed E-state index contributed by atoms with van der Waals surface area (Å²) in [5.41, 5.74) is 2.66. The number of rotatable bonds is 23. The fourth-order valence-corrected chi connectivity index (χ4v) is 10.7. The highest BCUT2D eigenvalue weighted by Gasteiger charge is 2.58. The van der Waals surface area contributed by atoms with Crippen LogP contribution < -0.4 is 10.6 Å². The third-order valence-corrected chi connectivity index (χ3v) is 13.7. The second-order valence-corrected chi connectivity index (χ2v) is 17.5. The summed E-state index contributed by atoms with van der Waals surface area (Å²) in [6, 6.07) is 0. The van der Waals surface area contributed by atoms with E-state index in [1.54, 1.807) is 11.6 Å². The molecule has 0 bridgehead atoms. The minimum atomic E-state index is -0.303. The van der Waals surface area contributed by atoms with Crippen LogP contribution in [-0.4, -0.2) is 64.0 Å². The minimum Gasteiger partial charge on any atom is -0.461 e. The van der Waals surface area contributed by atoms with Crippen LogP contribution >= 0.6 is 0 Å². The molecule has 4 rings (SSSR count). The van der Waals surface area contributed by atoms with Crippen molar-refractivity contribution in [1.29, 1.82) is 0 Å². The Kier molecular flexibility index (Phi) is 17.5. The molecule has 7 heteroatoms. The highest BCUT2D eigenvalue weighted by Crippen LogP contribution is 2.66. The van der Waals surface area contributed by atoms with E-state index in [1.807, 2.05) is 20.0 Å². The largest absolute Gasteiger partial charge is 0.461 e. The van der Waals surface area contributed by atoms with Gasteiger partial charge in [-0.25, -0.2) is 0 Å². The van der Waals surface area contributed by atoms with Crippen LogP contribution in [0.5, 0.6) is 0 Å². The lowest BCUT2D eigenvalue weighted by atomic mass is 9.47. The van der Waals surface area contributed by atoms with Crippen molar-refractivity contribution in [3.63, 3.8) is 0 Å². The van der Waals surface area contributed by atoms with Crippen molar-refractivity contribution in [3.05, 3.63) is 23.8 Å². The Morgan fingerprint density at radius 1 is 0.961 bits per heavy atom. The summed E-state index contributed by atoms with van der Waals surface area (Å²) in [4.78, 5) is 24.4. The van der Waals surface area contributed by atoms with Gasteiger partial charge in [0.15, 0.2) is 0 Å². The zero-order chi connectivity index (χ0) is 36.7. The molecule has 0 spiro atoms. The van der Waals surface area contributed by atoms with Gasteiger partial charge in [-0.05, 0) is 144 Å². The van der Waals surface area contributed by atoms with E-state index in [0.29, 0.717) is 29.9 Å². The molecule has 0 aliphatic heterocycles. The zero-order valence-corrected chi connectivity index (χ0v) is 33.6. The Bertz CT molecular complexity index is 1120. The SMILES string of the molecule is C/C=C\COC(=O)CNCC(CCCCCOC1CCC2(C)C(=CCC3C2CCC2(C)C(CCCCC(C)C)CCC32)C1)OC(=O)CCCNC. The van der Waals surface area contributed by atoms with Crippen LogP contribution in [0.3, 0.4) is 0 Å². The molecule has 3 saturated carbocycles. The summed E-state index contributed by atoms with van der Waals surface area (Å²) in [5.74, 6) is 3.99. The van der Waals surface area contributed by atoms with Gasteiger partial charge in [0.1, 0.15) is 12.7 Å². The number of ether oxygens (including phenoxy) is 3. The number of allylic oxidation sites excluding steroid dienone is 2. The van der Waals surface area contributed by atoms with Crippen LogP contribution in [-0.2, 0) is 23.8 Å². The van der Waals surface area contributed by atoms with Crippen molar-refractivity contribution >= 4 is 11.9 Å². The molecule has 292 valence electrons. The Balaban J connectivity index is 1.17. The van der Waals surface area contributed by atoms with Gasteiger partial charge < -0.3 is 24.8 Å². The number of esters is 2. The van der Waals surface area contributed by atoms with Gasteiger partial charge in [-0.1, -0.05) is 77.2 Å². The summed E-state index contributed by atoms with van der Waals surface area (Å²) in [5, 5.41) is 6.21. The molecule has 4 aliphatic carbocycles. The van der Waals surface area contributed by atoms with Crippen LogP contribution in [0.15, 0.2) is 23.8 Å². The van der Waals surface area contributed by atoms with Crippen LogP contribution in [0.25, 0.3) is 0 Å². The molecule has 7 nitrogen and oxygen atoms in total. The molecule has 0 saturated heterocycles. The summed E-state index contributed by atoms with van der Waals surface area (Å²) < 4.78 is 17.5. The predicted octanol–water partition coefficient (Wildman–Crippen LogP) is 9.35. The number of fused-ring (bicyclic) bond motifs is 5. The van der Waals surface area contributed by atoms with Gasteiger partial charge in [0, 0.05) is 19.6 Å². The molecule has 0 radical (unpaired) electrons. The van der Waals surface area contributed by atoms with Gasteiger partial charge in [0.25, 0.3) is 0 Å². The van der Waals surface area contributed by atoms with Crippen LogP contribution in [0, 0.1) is 40.4 Å². The van der Waals surface area contributed by atoms with Crippen LogP contribution in [0.2, 0.25) is 0 Å². The summed E-state index contributed by atoms with van der Waals surface area (Å²) in [6.07, 6.45) is 27.8. The van der Waals surface area contributed by atoms with Gasteiger partial charge >= 0.3 is 11.9 Å². The van der Waals surface area contributed by atoms with Crippen LogP contribution in [0.4, 0.5) is 0 Å². The standard InChI is InChI=1S/C44H76N2O5/c1-7-8-28-50-42(48)32-46-31-37(51-41(47)18-14-27-45-6)17-10-9-13-29-49-36-23-25-44(5)35(30-36)19-21-38-39-22-20-34(16-12-11-15-33(2)3)43(39,4)26-24-40(38)44/h7-8,19,33-34,36-40,45-46H,9-18,20-32H2,1-6H3/b8-7-. The van der Waals surface area contributed by atoms with E-state index in [4.69, 9.17) is 14.2 Å². The van der Waals surface area contributed by atoms with Crippen molar-refractivity contribution in [1.82, 2.24) is 10.6 Å². The molecule has 0 heterocycles. The first kappa shape index (κ1) is 42.0. The highest BCUT2D eigenvalue weighted by atomic mass is 16.5. The average Bonchev–Trinajstić information content (AvgIpc) is 3.44. The van der Waals surface area contributed by atoms with Crippen molar-refractivity contribution < 1.29 is 23.8 Å². The Morgan fingerprint density at radius 2 is 1.78 bits per heavy atom. The van der Waals surface area contributed by atoms with Gasteiger partial charge in [-0.2, -0.15) is 0 Å². The fourth-order valence-electron chi connectivity index (χ4n) is 10.7. The monoisotopic (exact) mass is 713 g/mol. The van der Waals surface area contributed by atoms with Gasteiger partial charge in [0.2, 0.25) is 0 Å². The molecule has 0 aromatic heterocycles. The highest BCUT2D eigenvalue weighted by molar-refractivity contribution is 5.71. The van der Waals surface area contributed by atoms with E-state index in [1.165, 1.54) is 70.6 Å². The molecule has 2 N–H and O–H groups in total. The summed E-state index contributed by atoms with van der Waals surface area (Å²) in [7, 11) is 1.88. The van der Waals surface area contributed by atoms with Crippen molar-refractivity contribution in [2.75, 3.05) is 39.9 Å². The van der Waals surface area contributed by atoms with Crippen molar-refractivity contribution in [2.24, 2.45) is 40.4 Å². The quantitative estimate of drug-likeness (QED) is 0.0621. The normalized spacial score (nSPS) is 30.8. The maximum Gasteiger partial charge on any atom is 0.320 e. The molecular weight excluding hydrogens is 636 g/mol. The summed E-state index contributed by atoms with van der Waals surface area (Å²) in [6.45, 7) is 14.4. The second kappa shape index (κ2) is 21.3. The molecule has 8 unspecified atom stereocenters. The first-order valence-corrected chi connectivity index (χ1v) is 21.2. The third kappa shape index (κ3) is 12.2. The first-order chi connectivity index (χ1) is 24.6. The van der Waals surface area contributed by atoms with Crippen LogP contribution in [0.1, 0.15) is 150 Å². The molecule has 0 aromatic carbocycles. The number of nitrogens with one attached hydrogen (secondary N) is 2. The van der Waals surface area contributed by atoms with E-state index in [-0.39, 0.29) is 31.2 Å². The smallest absolute Gasteiger partial charge is 0.320 e. The van der Waals surface area contributed by atoms with E-state index in [9.17, 15) is 9.59 Å². The van der Waals surface area contributed by atoms with E-state index in [2.05, 4.69) is 44.4 Å². The Morgan fingerprint density at radius 3 is 2.57 bits per heavy atom. The van der Waals surface area contributed by atoms with Crippen molar-refractivity contribution in [2.45, 2.75) is 162 Å². The molecule has 8 atom stereocenters. The Labute approximate surface area is 312 Å². The zero-order valence-electron chi connectivity index (χ0n) is 33.6. The predicted molar refractivity (Wildman–Crippen MR) is 208 cm³/mol. The number of carbonyl (C=O) groups is 2. The molecule has 0 aromatic rings. The lowest BCUT2D eigenvalue weighted by molar-refractivity contribution is -0.149. The number of unbranched alkanes of at least 4 members (excludes halogenated alkanes) is 3. The van der Waals surface area contributed by atoms with Gasteiger partial charge in [-0.3, -0.25) is 9.59 Å². The molecule has 0 amide bonds. The summed E-state index contributed by atoms with van der Waals surface area (Å²) >= 11 is 0. The van der Waals surface area contributed by atoms with Gasteiger partial charge in [0.05, 0.1) is 12.6 Å². The lowest BCUT2D eigenvalue weighted by Gasteiger charge is -2.58. The number of hydrogen-bond acceptors (Lipinski definition) is 7. The van der Waals surface area contributed by atoms with E-state index < -0.39 is 0 Å². The minimum absolute atomic E-state index is 0.108. The Hall–Kier alpha value is -1.70. The van der Waals surface area contributed by atoms with Gasteiger partial charge in [-0.15, -0.1) is 0 Å². The number of carbonyl (C=O) groups excluding carboxylic acids is 2. The van der Waals surface area contributed by atoms with E-state index in [0.717, 1.165) is 81.3 Å². The molecule has 51 heavy (non-hydrogen) atoms. The average molecular weight is 713 g/mol. The molecule has 3 fully saturated rings. The maximum atomic E-state index is 12.4. The third-order valence-electron chi connectivity index (χ3n) is 13.7. The maximum absolute atomic E-state index is 12.4. The van der Waals surface area contributed by atoms with E-state index >= 15 is 0 Å². The lowest BCUT2D eigenvalue weighted by Crippen LogP contribution is -2.50. The van der Waals surface area contributed by atoms with Crippen molar-refractivity contribution in [3.8, 4) is 0 Å². The first-order valence-electron chi connectivity index (χ1n) is 21.2. The molecule has 4 aliphatic rings. The molecular formula is C44H76N2O5. The number of hydrogen-bond donors (Lipinski definition) is 2. The topological polar surface area (TPSA) is 85.9 Å². The fraction of sp³-hybridized carbons (Fsp3) is 0.864. The second-order valence-electron chi connectivity index (χ2n) is 17.5.